The normalized spacial score (nSPS) is 15.3. The Bertz CT molecular complexity index is 172. The van der Waals surface area contributed by atoms with Crippen LogP contribution in [-0.2, 0) is 9.53 Å². The molecule has 0 saturated carbocycles. The fraction of sp³-hybridized carbons (Fsp3) is 0.900. The standard InChI is InChI=1S/C10H20ClNO2/c1-5-14-6-9(7(2)3)12-10(13)8(4)11/h7-9H,5-6H2,1-4H3,(H,12,13). The number of hydrogen-bond donors (Lipinski definition) is 1. The molecule has 0 radical (unpaired) electrons. The lowest BCUT2D eigenvalue weighted by Gasteiger charge is -2.22. The predicted molar refractivity (Wildman–Crippen MR) is 58.6 cm³/mol. The molecule has 14 heavy (non-hydrogen) atoms. The molecule has 0 aromatic rings. The van der Waals surface area contributed by atoms with Crippen LogP contribution >= 0.6 is 11.6 Å². The van der Waals surface area contributed by atoms with Gasteiger partial charge in [0.05, 0.1) is 12.6 Å². The molecule has 2 unspecified atom stereocenters. The third-order valence-corrected chi connectivity index (χ3v) is 2.19. The van der Waals surface area contributed by atoms with E-state index in [1.165, 1.54) is 0 Å². The molecular formula is C10H20ClNO2. The van der Waals surface area contributed by atoms with Crippen molar-refractivity contribution in [1.82, 2.24) is 5.32 Å². The molecule has 0 aliphatic carbocycles. The summed E-state index contributed by atoms with van der Waals surface area (Å²) in [7, 11) is 0. The van der Waals surface area contributed by atoms with Crippen molar-refractivity contribution >= 4 is 17.5 Å². The van der Waals surface area contributed by atoms with Crippen molar-refractivity contribution < 1.29 is 9.53 Å². The van der Waals surface area contributed by atoms with Crippen molar-refractivity contribution in [2.45, 2.75) is 39.1 Å². The van der Waals surface area contributed by atoms with Crippen molar-refractivity contribution in [3.05, 3.63) is 0 Å². The van der Waals surface area contributed by atoms with Gasteiger partial charge >= 0.3 is 0 Å². The zero-order valence-electron chi connectivity index (χ0n) is 9.34. The van der Waals surface area contributed by atoms with E-state index in [2.05, 4.69) is 5.32 Å². The maximum absolute atomic E-state index is 11.3. The van der Waals surface area contributed by atoms with Gasteiger partial charge in [0.2, 0.25) is 5.91 Å². The van der Waals surface area contributed by atoms with E-state index in [9.17, 15) is 4.79 Å². The number of amides is 1. The van der Waals surface area contributed by atoms with Crippen LogP contribution in [0.1, 0.15) is 27.7 Å². The molecule has 0 aromatic carbocycles. The molecule has 1 N–H and O–H groups in total. The van der Waals surface area contributed by atoms with E-state index >= 15 is 0 Å². The highest BCUT2D eigenvalue weighted by Crippen LogP contribution is 2.04. The minimum absolute atomic E-state index is 0.0450. The number of halogens is 1. The molecule has 0 aliphatic rings. The molecule has 84 valence electrons. The second-order valence-corrected chi connectivity index (χ2v) is 4.29. The maximum atomic E-state index is 11.3. The van der Waals surface area contributed by atoms with E-state index < -0.39 is 5.38 Å². The highest BCUT2D eigenvalue weighted by molar-refractivity contribution is 6.30. The van der Waals surface area contributed by atoms with E-state index in [1.807, 2.05) is 20.8 Å². The van der Waals surface area contributed by atoms with Crippen molar-refractivity contribution in [3.63, 3.8) is 0 Å². The van der Waals surface area contributed by atoms with Crippen LogP contribution in [-0.4, -0.2) is 30.5 Å². The summed E-state index contributed by atoms with van der Waals surface area (Å²) in [5.74, 6) is 0.214. The summed E-state index contributed by atoms with van der Waals surface area (Å²) in [6, 6.07) is 0.0450. The highest BCUT2D eigenvalue weighted by atomic mass is 35.5. The molecule has 0 bridgehead atoms. The zero-order chi connectivity index (χ0) is 11.1. The van der Waals surface area contributed by atoms with Crippen molar-refractivity contribution in [2.24, 2.45) is 5.92 Å². The summed E-state index contributed by atoms with van der Waals surface area (Å²) in [6.07, 6.45) is 0. The SMILES string of the molecule is CCOCC(NC(=O)C(C)Cl)C(C)C. The highest BCUT2D eigenvalue weighted by Gasteiger charge is 2.18. The topological polar surface area (TPSA) is 38.3 Å². The second kappa shape index (κ2) is 7.07. The third-order valence-electron chi connectivity index (χ3n) is 2.00. The van der Waals surface area contributed by atoms with Gasteiger partial charge in [0.15, 0.2) is 0 Å². The molecule has 0 heterocycles. The van der Waals surface area contributed by atoms with Gasteiger partial charge in [-0.1, -0.05) is 13.8 Å². The fourth-order valence-electron chi connectivity index (χ4n) is 0.943. The van der Waals surface area contributed by atoms with E-state index in [-0.39, 0.29) is 11.9 Å². The Morgan fingerprint density at radius 2 is 2.00 bits per heavy atom. The predicted octanol–water partition coefficient (Wildman–Crippen LogP) is 1.79. The van der Waals surface area contributed by atoms with Gasteiger partial charge in [-0.05, 0) is 19.8 Å². The zero-order valence-corrected chi connectivity index (χ0v) is 10.1. The Morgan fingerprint density at radius 3 is 2.36 bits per heavy atom. The molecule has 0 aliphatic heterocycles. The van der Waals surface area contributed by atoms with Crippen LogP contribution in [0, 0.1) is 5.92 Å². The van der Waals surface area contributed by atoms with Crippen LogP contribution < -0.4 is 5.32 Å². The second-order valence-electron chi connectivity index (χ2n) is 3.63. The fourth-order valence-corrected chi connectivity index (χ4v) is 1.01. The van der Waals surface area contributed by atoms with Crippen LogP contribution in [0.3, 0.4) is 0 Å². The molecule has 3 nitrogen and oxygen atoms in total. The summed E-state index contributed by atoms with van der Waals surface area (Å²) in [5.41, 5.74) is 0. The first-order valence-corrected chi connectivity index (χ1v) is 5.44. The molecule has 0 rings (SSSR count). The Kier molecular flexibility index (Phi) is 6.93. The van der Waals surface area contributed by atoms with Gasteiger partial charge in [0, 0.05) is 6.61 Å². The van der Waals surface area contributed by atoms with Gasteiger partial charge in [0.1, 0.15) is 5.38 Å². The lowest BCUT2D eigenvalue weighted by atomic mass is 10.1. The Labute approximate surface area is 91.2 Å². The Morgan fingerprint density at radius 1 is 1.43 bits per heavy atom. The van der Waals surface area contributed by atoms with Gasteiger partial charge in [-0.15, -0.1) is 11.6 Å². The van der Waals surface area contributed by atoms with Crippen molar-refractivity contribution in [3.8, 4) is 0 Å². The van der Waals surface area contributed by atoms with Gasteiger partial charge in [0.25, 0.3) is 0 Å². The number of alkyl halides is 1. The van der Waals surface area contributed by atoms with Crippen LogP contribution in [0.5, 0.6) is 0 Å². The van der Waals surface area contributed by atoms with E-state index in [4.69, 9.17) is 16.3 Å². The monoisotopic (exact) mass is 221 g/mol. The van der Waals surface area contributed by atoms with E-state index in [0.717, 1.165) is 0 Å². The summed E-state index contributed by atoms with van der Waals surface area (Å²) >= 11 is 5.66. The quantitative estimate of drug-likeness (QED) is 0.695. The maximum Gasteiger partial charge on any atom is 0.238 e. The largest absolute Gasteiger partial charge is 0.380 e. The molecule has 2 atom stereocenters. The summed E-state index contributed by atoms with van der Waals surface area (Å²) in [4.78, 5) is 11.3. The van der Waals surface area contributed by atoms with Gasteiger partial charge in [-0.25, -0.2) is 0 Å². The number of carbonyl (C=O) groups excluding carboxylic acids is 1. The number of hydrogen-bond acceptors (Lipinski definition) is 2. The molecule has 4 heteroatoms. The average Bonchev–Trinajstić information content (AvgIpc) is 2.10. The van der Waals surface area contributed by atoms with Crippen LogP contribution in [0.15, 0.2) is 0 Å². The smallest absolute Gasteiger partial charge is 0.238 e. The van der Waals surface area contributed by atoms with Crippen molar-refractivity contribution in [2.75, 3.05) is 13.2 Å². The van der Waals surface area contributed by atoms with E-state index in [1.54, 1.807) is 6.92 Å². The first-order valence-electron chi connectivity index (χ1n) is 5.01. The minimum atomic E-state index is -0.488. The molecule has 0 aromatic heterocycles. The third kappa shape index (κ3) is 5.45. The number of nitrogens with one attached hydrogen (secondary N) is 1. The molecule has 0 spiro atoms. The van der Waals surface area contributed by atoms with Crippen LogP contribution in [0.25, 0.3) is 0 Å². The number of carbonyl (C=O) groups is 1. The Hall–Kier alpha value is -0.280. The first kappa shape index (κ1) is 13.7. The van der Waals surface area contributed by atoms with Crippen LogP contribution in [0.4, 0.5) is 0 Å². The van der Waals surface area contributed by atoms with Crippen LogP contribution in [0.2, 0.25) is 0 Å². The first-order chi connectivity index (χ1) is 6.49. The van der Waals surface area contributed by atoms with Crippen molar-refractivity contribution in [1.29, 1.82) is 0 Å². The average molecular weight is 222 g/mol. The lowest BCUT2D eigenvalue weighted by molar-refractivity contribution is -0.122. The summed E-state index contributed by atoms with van der Waals surface area (Å²) < 4.78 is 5.28. The molecular weight excluding hydrogens is 202 g/mol. The molecule has 0 saturated heterocycles. The van der Waals surface area contributed by atoms with Gasteiger partial charge < -0.3 is 10.1 Å². The minimum Gasteiger partial charge on any atom is -0.380 e. The molecule has 0 fully saturated rings. The Balaban J connectivity index is 4.02. The number of ether oxygens (including phenoxy) is 1. The lowest BCUT2D eigenvalue weighted by Crippen LogP contribution is -2.44. The van der Waals surface area contributed by atoms with Gasteiger partial charge in [-0.3, -0.25) is 4.79 Å². The number of rotatable bonds is 6. The summed E-state index contributed by atoms with van der Waals surface area (Å²) in [5, 5.41) is 2.37. The summed E-state index contributed by atoms with van der Waals surface area (Å²) in [6.45, 7) is 8.89. The molecule has 1 amide bonds. The van der Waals surface area contributed by atoms with E-state index in [0.29, 0.717) is 19.1 Å². The van der Waals surface area contributed by atoms with Gasteiger partial charge in [-0.2, -0.15) is 0 Å².